The Bertz CT molecular complexity index is 1250. The van der Waals surface area contributed by atoms with Crippen molar-refractivity contribution in [2.24, 2.45) is 4.99 Å². The fourth-order valence-corrected chi connectivity index (χ4v) is 4.92. The van der Waals surface area contributed by atoms with E-state index in [2.05, 4.69) is 5.32 Å². The number of nitrogens with one attached hydrogen (secondary N) is 1. The van der Waals surface area contributed by atoms with E-state index >= 15 is 0 Å². The predicted molar refractivity (Wildman–Crippen MR) is 135 cm³/mol. The molecule has 7 nitrogen and oxygen atoms in total. The summed E-state index contributed by atoms with van der Waals surface area (Å²) in [6, 6.07) is 20.3. The van der Waals surface area contributed by atoms with Gasteiger partial charge < -0.3 is 10.1 Å². The Balaban J connectivity index is 1.46. The number of thioether (sulfide) groups is 1. The summed E-state index contributed by atoms with van der Waals surface area (Å²) in [5.74, 6) is -0.817. The Morgan fingerprint density at radius 3 is 2.50 bits per heavy atom. The average Bonchev–Trinajstić information content (AvgIpc) is 3.13. The van der Waals surface area contributed by atoms with Gasteiger partial charge in [-0.25, -0.2) is 9.79 Å². The van der Waals surface area contributed by atoms with Crippen molar-refractivity contribution < 1.29 is 19.1 Å². The van der Waals surface area contributed by atoms with Crippen molar-refractivity contribution in [3.8, 4) is 0 Å². The van der Waals surface area contributed by atoms with Gasteiger partial charge in [-0.2, -0.15) is 0 Å². The van der Waals surface area contributed by atoms with Crippen LogP contribution >= 0.6 is 11.8 Å². The lowest BCUT2D eigenvalue weighted by Gasteiger charge is -2.13. The van der Waals surface area contributed by atoms with E-state index in [4.69, 9.17) is 9.73 Å². The molecule has 4 rings (SSSR count). The average molecular weight is 476 g/mol. The van der Waals surface area contributed by atoms with Crippen LogP contribution in [0.25, 0.3) is 10.8 Å². The zero-order valence-electron chi connectivity index (χ0n) is 19.0. The van der Waals surface area contributed by atoms with Crippen LogP contribution in [0.5, 0.6) is 0 Å². The molecule has 1 heterocycles. The first-order chi connectivity index (χ1) is 16.5. The largest absolute Gasteiger partial charge is 0.462 e. The normalized spacial score (nSPS) is 16.8. The molecule has 1 aliphatic heterocycles. The maximum Gasteiger partial charge on any atom is 0.338 e. The van der Waals surface area contributed by atoms with Crippen LogP contribution in [0.3, 0.4) is 0 Å². The molecule has 1 atom stereocenters. The summed E-state index contributed by atoms with van der Waals surface area (Å²) in [5, 5.41) is 4.93. The Morgan fingerprint density at radius 1 is 1.03 bits per heavy atom. The van der Waals surface area contributed by atoms with Crippen molar-refractivity contribution in [2.45, 2.75) is 25.5 Å². The zero-order valence-corrected chi connectivity index (χ0v) is 19.8. The third kappa shape index (κ3) is 5.12. The van der Waals surface area contributed by atoms with E-state index in [1.165, 1.54) is 11.8 Å². The number of fused-ring (bicyclic) bond motifs is 1. The number of nitrogens with zero attached hydrogens (tertiary/aromatic N) is 2. The Kier molecular flexibility index (Phi) is 7.27. The molecule has 0 radical (unpaired) electrons. The fourth-order valence-electron chi connectivity index (χ4n) is 3.71. The summed E-state index contributed by atoms with van der Waals surface area (Å²) in [7, 11) is 0. The van der Waals surface area contributed by atoms with Gasteiger partial charge in [0.15, 0.2) is 5.17 Å². The Hall–Kier alpha value is -3.65. The molecule has 3 aromatic rings. The summed E-state index contributed by atoms with van der Waals surface area (Å²) in [5.41, 5.74) is 1.75. The van der Waals surface area contributed by atoms with Gasteiger partial charge in [0.25, 0.3) is 0 Å². The van der Waals surface area contributed by atoms with Crippen molar-refractivity contribution in [1.82, 2.24) is 4.90 Å². The zero-order chi connectivity index (χ0) is 24.1. The molecule has 0 spiro atoms. The van der Waals surface area contributed by atoms with Crippen LogP contribution in [0.15, 0.2) is 71.7 Å². The third-order valence-corrected chi connectivity index (χ3v) is 6.54. The quantitative estimate of drug-likeness (QED) is 0.486. The first kappa shape index (κ1) is 23.5. The van der Waals surface area contributed by atoms with Gasteiger partial charge in [0.1, 0.15) is 5.25 Å². The van der Waals surface area contributed by atoms with Gasteiger partial charge in [0.05, 0.1) is 17.9 Å². The second-order valence-electron chi connectivity index (χ2n) is 7.63. The molecule has 174 valence electrons. The predicted octanol–water partition coefficient (Wildman–Crippen LogP) is 5.00. The second-order valence-corrected chi connectivity index (χ2v) is 8.80. The molecule has 1 fully saturated rings. The third-order valence-electron chi connectivity index (χ3n) is 5.37. The van der Waals surface area contributed by atoms with Crippen LogP contribution in [-0.4, -0.2) is 46.3 Å². The van der Waals surface area contributed by atoms with Gasteiger partial charge in [-0.15, -0.1) is 0 Å². The van der Waals surface area contributed by atoms with Crippen LogP contribution in [0.2, 0.25) is 0 Å². The van der Waals surface area contributed by atoms with Gasteiger partial charge in [-0.05, 0) is 49.6 Å². The molecule has 1 N–H and O–H groups in total. The first-order valence-corrected chi connectivity index (χ1v) is 12.0. The van der Waals surface area contributed by atoms with E-state index in [1.807, 2.05) is 49.4 Å². The van der Waals surface area contributed by atoms with E-state index in [0.29, 0.717) is 29.6 Å². The highest BCUT2D eigenvalue weighted by Gasteiger charge is 2.38. The van der Waals surface area contributed by atoms with Gasteiger partial charge in [-0.3, -0.25) is 14.5 Å². The van der Waals surface area contributed by atoms with E-state index in [1.54, 1.807) is 36.1 Å². The molecule has 0 saturated carbocycles. The van der Waals surface area contributed by atoms with E-state index < -0.39 is 11.2 Å². The van der Waals surface area contributed by atoms with Crippen LogP contribution < -0.4 is 5.32 Å². The summed E-state index contributed by atoms with van der Waals surface area (Å²) in [4.78, 5) is 43.8. The molecular weight excluding hydrogens is 450 g/mol. The molecule has 2 amide bonds. The molecule has 1 aliphatic rings. The molecule has 0 bridgehead atoms. The lowest BCUT2D eigenvalue weighted by atomic mass is 10.1. The minimum Gasteiger partial charge on any atom is -0.462 e. The minimum atomic E-state index is -0.549. The number of hydrogen-bond donors (Lipinski definition) is 1. The number of amides is 2. The lowest BCUT2D eigenvalue weighted by molar-refractivity contribution is -0.128. The monoisotopic (exact) mass is 475 g/mol. The number of aliphatic imine (C=N–C) groups is 1. The standard InChI is InChI=1S/C26H25N3O4S/c1-3-29-24(31)22(16-23(30)27-19-14-12-18(13-15-19)25(32)33-4-2)34-26(29)28-21-11-7-9-17-8-5-6-10-20(17)21/h5-15,22H,3-4,16H2,1-2H3,(H,27,30). The van der Waals surface area contributed by atoms with E-state index in [9.17, 15) is 14.4 Å². The van der Waals surface area contributed by atoms with Crippen molar-refractivity contribution in [3.63, 3.8) is 0 Å². The van der Waals surface area contributed by atoms with E-state index in [0.717, 1.165) is 16.5 Å². The Labute approximate surface area is 202 Å². The van der Waals surface area contributed by atoms with Gasteiger partial charge in [0, 0.05) is 24.0 Å². The number of rotatable bonds is 7. The molecule has 3 aromatic carbocycles. The number of anilines is 1. The van der Waals surface area contributed by atoms with Crippen molar-refractivity contribution in [2.75, 3.05) is 18.5 Å². The fraction of sp³-hybridized carbons (Fsp3) is 0.231. The number of amidine groups is 1. The van der Waals surface area contributed by atoms with Crippen LogP contribution in [0.1, 0.15) is 30.6 Å². The van der Waals surface area contributed by atoms with Crippen LogP contribution in [-0.2, 0) is 14.3 Å². The number of hydrogen-bond acceptors (Lipinski definition) is 6. The highest BCUT2D eigenvalue weighted by atomic mass is 32.2. The van der Waals surface area contributed by atoms with Gasteiger partial charge in [0.2, 0.25) is 11.8 Å². The Morgan fingerprint density at radius 2 is 1.76 bits per heavy atom. The molecule has 34 heavy (non-hydrogen) atoms. The number of carbonyl (C=O) groups is 3. The first-order valence-electron chi connectivity index (χ1n) is 11.1. The molecule has 1 unspecified atom stereocenters. The summed E-state index contributed by atoms with van der Waals surface area (Å²) in [6.07, 6.45) is 0.0220. The van der Waals surface area contributed by atoms with Gasteiger partial charge >= 0.3 is 5.97 Å². The molecule has 0 aliphatic carbocycles. The second kappa shape index (κ2) is 10.5. The maximum absolute atomic E-state index is 13.0. The topological polar surface area (TPSA) is 88.1 Å². The van der Waals surface area contributed by atoms with Gasteiger partial charge in [-0.1, -0.05) is 48.2 Å². The molecule has 8 heteroatoms. The summed E-state index contributed by atoms with van der Waals surface area (Å²) >= 11 is 1.31. The SMILES string of the molecule is CCOC(=O)c1ccc(NC(=O)CC2SC(=Nc3cccc4ccccc34)N(CC)C2=O)cc1. The van der Waals surface area contributed by atoms with Crippen molar-refractivity contribution in [1.29, 1.82) is 0 Å². The number of esters is 1. The van der Waals surface area contributed by atoms with Crippen LogP contribution in [0, 0.1) is 0 Å². The molecule has 1 saturated heterocycles. The summed E-state index contributed by atoms with van der Waals surface area (Å²) < 4.78 is 4.96. The van der Waals surface area contributed by atoms with Crippen LogP contribution in [0.4, 0.5) is 11.4 Å². The number of ether oxygens (including phenoxy) is 1. The van der Waals surface area contributed by atoms with E-state index in [-0.39, 0.29) is 18.2 Å². The number of carbonyl (C=O) groups excluding carboxylic acids is 3. The lowest BCUT2D eigenvalue weighted by Crippen LogP contribution is -2.33. The minimum absolute atomic E-state index is 0.0220. The number of benzene rings is 3. The molecular formula is C26H25N3O4S. The highest BCUT2D eigenvalue weighted by Crippen LogP contribution is 2.34. The van der Waals surface area contributed by atoms with Crippen molar-refractivity contribution >= 4 is 56.9 Å². The highest BCUT2D eigenvalue weighted by molar-refractivity contribution is 8.15. The maximum atomic E-state index is 13.0. The molecule has 0 aromatic heterocycles. The summed E-state index contributed by atoms with van der Waals surface area (Å²) in [6.45, 7) is 4.41. The smallest absolute Gasteiger partial charge is 0.338 e. The van der Waals surface area contributed by atoms with Crippen molar-refractivity contribution in [3.05, 3.63) is 72.3 Å².